The van der Waals surface area contributed by atoms with Gasteiger partial charge in [-0.3, -0.25) is 43.2 Å². The molecule has 0 saturated carbocycles. The van der Waals surface area contributed by atoms with Crippen LogP contribution in [0.3, 0.4) is 0 Å². The van der Waals surface area contributed by atoms with Gasteiger partial charge in [-0.1, -0.05) is 67.5 Å². The van der Waals surface area contributed by atoms with Gasteiger partial charge in [0.05, 0.1) is 25.7 Å². The summed E-state index contributed by atoms with van der Waals surface area (Å²) in [4.78, 5) is 145. The smallest absolute Gasteiger partial charge is 0.329 e. The van der Waals surface area contributed by atoms with Crippen LogP contribution in [-0.4, -0.2) is 179 Å². The van der Waals surface area contributed by atoms with Crippen molar-refractivity contribution in [2.24, 2.45) is 23.7 Å². The number of hydrogen-bond acceptors (Lipinski definition) is 14. The summed E-state index contributed by atoms with van der Waals surface area (Å²) in [5.41, 5.74) is 0.590. The first-order valence-corrected chi connectivity index (χ1v) is 26.0. The molecule has 3 fully saturated rings. The summed E-state index contributed by atoms with van der Waals surface area (Å²) >= 11 is 0. The van der Waals surface area contributed by atoms with Gasteiger partial charge in [0.2, 0.25) is 35.3 Å². The molecule has 0 spiro atoms. The number of cyclic esters (lactones) is 2. The van der Waals surface area contributed by atoms with Crippen LogP contribution in [0, 0.1) is 23.7 Å². The van der Waals surface area contributed by atoms with E-state index in [4.69, 9.17) is 14.2 Å². The Morgan fingerprint density at radius 2 is 1.49 bits per heavy atom. The van der Waals surface area contributed by atoms with E-state index < -0.39 is 138 Å². The van der Waals surface area contributed by atoms with Crippen LogP contribution < -0.4 is 20.7 Å². The minimum absolute atomic E-state index is 0.0739. The quantitative estimate of drug-likeness (QED) is 0.153. The Bertz CT molecular complexity index is 2200. The highest BCUT2D eigenvalue weighted by Gasteiger charge is 2.45. The normalized spacial score (nSPS) is 26.5. The number of benzene rings is 1. The number of amides is 7. The molecule has 3 aliphatic heterocycles. The Balaban J connectivity index is 1.85. The van der Waals surface area contributed by atoms with E-state index in [0.717, 1.165) is 6.92 Å². The van der Waals surface area contributed by atoms with Crippen LogP contribution in [0.4, 0.5) is 0 Å². The van der Waals surface area contributed by atoms with Gasteiger partial charge >= 0.3 is 11.9 Å². The molecule has 0 aliphatic carbocycles. The summed E-state index contributed by atoms with van der Waals surface area (Å²) in [7, 11) is 4.30. The Morgan fingerprint density at radius 3 is 2.05 bits per heavy atom. The number of likely N-dealkylation sites (N-methyl/N-ethyl adjacent to an activating group) is 2. The van der Waals surface area contributed by atoms with Crippen LogP contribution in [0.5, 0.6) is 5.75 Å². The fraction of sp³-hybridized carbons (Fsp3) is 0.698. The zero-order valence-corrected chi connectivity index (χ0v) is 45.5. The number of rotatable bonds is 14. The maximum Gasteiger partial charge on any atom is 0.329 e. The van der Waals surface area contributed by atoms with Gasteiger partial charge in [0.1, 0.15) is 48.1 Å². The van der Waals surface area contributed by atoms with E-state index in [1.807, 2.05) is 27.7 Å². The lowest BCUT2D eigenvalue weighted by molar-refractivity contribution is -0.162. The number of carbonyl (C=O) groups excluding carboxylic acids is 10. The topological polar surface area (TPSA) is 268 Å². The minimum Gasteiger partial charge on any atom is -0.497 e. The Labute approximate surface area is 435 Å². The Kier molecular flexibility index (Phi) is 22.0. The van der Waals surface area contributed by atoms with Crippen molar-refractivity contribution in [3.63, 3.8) is 0 Å². The highest BCUT2D eigenvalue weighted by atomic mass is 16.6. The van der Waals surface area contributed by atoms with Crippen molar-refractivity contribution in [1.29, 1.82) is 0 Å². The third kappa shape index (κ3) is 15.5. The first-order valence-electron chi connectivity index (χ1n) is 26.0. The molecule has 3 heterocycles. The maximum absolute atomic E-state index is 14.8. The number of ketones is 1. The molecular formula is C53H81N7O14. The average molecular weight is 1040 g/mol. The van der Waals surface area contributed by atoms with Gasteiger partial charge in [-0.05, 0) is 86.8 Å². The highest BCUT2D eigenvalue weighted by Crippen LogP contribution is 2.27. The molecule has 0 radical (unpaired) electrons. The first kappa shape index (κ1) is 60.4. The lowest BCUT2D eigenvalue weighted by Crippen LogP contribution is -2.62. The highest BCUT2D eigenvalue weighted by molar-refractivity contribution is 6.35. The molecule has 3 saturated heterocycles. The fourth-order valence-corrected chi connectivity index (χ4v) is 9.85. The van der Waals surface area contributed by atoms with Crippen molar-refractivity contribution in [2.45, 2.75) is 181 Å². The number of esters is 2. The van der Waals surface area contributed by atoms with Crippen LogP contribution in [0.15, 0.2) is 24.3 Å². The zero-order chi connectivity index (χ0) is 55.5. The number of Topliss-reactive ketones (excluding diaryl/α,β-unsaturated/α-hetero) is 1. The molecule has 1 aromatic rings. The summed E-state index contributed by atoms with van der Waals surface area (Å²) in [6.45, 7) is 16.8. The molecule has 21 nitrogen and oxygen atoms in total. The second-order valence-electron chi connectivity index (χ2n) is 21.5. The number of ether oxygens (including phenoxy) is 3. The third-order valence-electron chi connectivity index (χ3n) is 14.0. The van der Waals surface area contributed by atoms with Crippen molar-refractivity contribution < 1.29 is 67.3 Å². The van der Waals surface area contributed by atoms with Gasteiger partial charge in [0.25, 0.3) is 11.8 Å². The number of aliphatic hydroxyl groups excluding tert-OH is 1. The summed E-state index contributed by atoms with van der Waals surface area (Å²) in [6, 6.07) is -2.01. The molecule has 74 heavy (non-hydrogen) atoms. The van der Waals surface area contributed by atoms with Crippen LogP contribution in [0.1, 0.15) is 120 Å². The number of aliphatic hydroxyl groups is 1. The predicted octanol–water partition coefficient (Wildman–Crippen LogP) is 1.93. The standard InChI is InChI=1S/C53H81N7O14/c1-28(2)24-36-50(68)60-23-15-17-38(60)52(70)58(12)40(26-34-18-20-35(72-13)21-19-34)53(71)73-33(10)44(47(65)55-43(30(5)6)41(62)27-42(63)74-45(31(7)8)48(66)54-36)56-46(64)39(25-29(3)4)57(11)51(69)37-16-14-22-59(37)49(67)32(9)61/h18-21,28-31,33,36-41,43-45,62H,14-17,22-27H2,1-13H3,(H,54,66)(H,55,65)(H,56,64)/t33-,36+,37+,38+,39-,40+,41+,43-,44+,45+/m1/s1. The summed E-state index contributed by atoms with van der Waals surface area (Å²) in [6.07, 6.45) is -3.73. The van der Waals surface area contributed by atoms with E-state index in [9.17, 15) is 53.1 Å². The second kappa shape index (κ2) is 26.9. The Morgan fingerprint density at radius 1 is 0.851 bits per heavy atom. The number of methoxy groups -OCH3 is 1. The lowest BCUT2D eigenvalue weighted by Gasteiger charge is -2.36. The van der Waals surface area contributed by atoms with Crippen LogP contribution in [0.25, 0.3) is 0 Å². The minimum atomic E-state index is -1.74. The summed E-state index contributed by atoms with van der Waals surface area (Å²) in [5, 5.41) is 19.9. The summed E-state index contributed by atoms with van der Waals surface area (Å²) < 4.78 is 17.2. The van der Waals surface area contributed by atoms with Gasteiger partial charge in [0.15, 0.2) is 6.10 Å². The summed E-state index contributed by atoms with van der Waals surface area (Å²) in [5.74, 6) is -8.76. The number of nitrogens with one attached hydrogen (secondary N) is 3. The molecule has 7 amide bonds. The number of likely N-dealkylation sites (tertiary alicyclic amines) is 1. The van der Waals surface area contributed by atoms with E-state index in [2.05, 4.69) is 16.0 Å². The van der Waals surface area contributed by atoms with Crippen LogP contribution >= 0.6 is 0 Å². The molecule has 21 heteroatoms. The van der Waals surface area contributed by atoms with Gasteiger partial charge in [-0.2, -0.15) is 0 Å². The number of nitrogens with zero attached hydrogens (tertiary/aromatic N) is 4. The van der Waals surface area contributed by atoms with Crippen LogP contribution in [-0.2, 0) is 63.8 Å². The van der Waals surface area contributed by atoms with Gasteiger partial charge in [0, 0.05) is 40.5 Å². The molecule has 3 aliphatic rings. The maximum atomic E-state index is 14.8. The van der Waals surface area contributed by atoms with Crippen molar-refractivity contribution >= 4 is 59.1 Å². The molecule has 0 bridgehead atoms. The number of carbonyl (C=O) groups is 10. The molecule has 4 rings (SSSR count). The zero-order valence-electron chi connectivity index (χ0n) is 45.5. The SMILES string of the molecule is COc1ccc(C[C@H]2C(=O)O[C@H](C)[C@H](NC(=O)[C@@H](CC(C)C)N(C)C(=O)[C@@H]3CCCN3C(=O)C(C)=O)C(=O)N[C@H](C(C)C)[C@@H](O)CC(=O)O[C@@H](C(C)C)C(=O)N[C@@H](CC(C)C)C(=O)N3CCC[C@H]3C(=O)N2C)cc1. The van der Waals surface area contributed by atoms with E-state index in [1.54, 1.807) is 52.0 Å². The van der Waals surface area contributed by atoms with Gasteiger partial charge < -0.3 is 54.9 Å². The largest absolute Gasteiger partial charge is 0.497 e. The first-order chi connectivity index (χ1) is 34.7. The molecule has 0 aromatic heterocycles. The van der Waals surface area contributed by atoms with Crippen molar-refractivity contribution in [1.82, 2.24) is 35.6 Å². The van der Waals surface area contributed by atoms with E-state index >= 15 is 0 Å². The molecule has 4 N–H and O–H groups in total. The molecule has 10 atom stereocenters. The monoisotopic (exact) mass is 1040 g/mol. The van der Waals surface area contributed by atoms with Gasteiger partial charge in [-0.25, -0.2) is 4.79 Å². The van der Waals surface area contributed by atoms with Crippen molar-refractivity contribution in [3.8, 4) is 5.75 Å². The van der Waals surface area contributed by atoms with E-state index in [-0.39, 0.29) is 57.0 Å². The third-order valence-corrected chi connectivity index (χ3v) is 14.0. The fourth-order valence-electron chi connectivity index (χ4n) is 9.85. The second-order valence-corrected chi connectivity index (χ2v) is 21.5. The number of fused-ring (bicyclic) bond motifs is 1. The average Bonchev–Trinajstić information content (AvgIpc) is 4.04. The molecule has 412 valence electrons. The van der Waals surface area contributed by atoms with Crippen molar-refractivity contribution in [2.75, 3.05) is 34.3 Å². The Hall–Kier alpha value is -6.12. The van der Waals surface area contributed by atoms with Crippen molar-refractivity contribution in [3.05, 3.63) is 29.8 Å². The lowest BCUT2D eigenvalue weighted by atomic mass is 9.95. The molecule has 0 unspecified atom stereocenters. The molecule has 1 aromatic carbocycles. The predicted molar refractivity (Wildman–Crippen MR) is 270 cm³/mol. The van der Waals surface area contributed by atoms with E-state index in [1.165, 1.54) is 47.7 Å². The van der Waals surface area contributed by atoms with Gasteiger partial charge in [-0.15, -0.1) is 0 Å². The van der Waals surface area contributed by atoms with Crippen LogP contribution in [0.2, 0.25) is 0 Å². The number of hydrogen-bond donors (Lipinski definition) is 4. The molecular weight excluding hydrogens is 959 g/mol. The van der Waals surface area contributed by atoms with E-state index in [0.29, 0.717) is 24.2 Å².